The van der Waals surface area contributed by atoms with Gasteiger partial charge in [0, 0.05) is 46.2 Å². The Balaban J connectivity index is 0.00000169. The zero-order chi connectivity index (χ0) is 9.68. The fourth-order valence-corrected chi connectivity index (χ4v) is 1.09. The monoisotopic (exact) mass is 265 g/mol. The van der Waals surface area contributed by atoms with Crippen molar-refractivity contribution >= 4 is 5.91 Å². The van der Waals surface area contributed by atoms with Crippen molar-refractivity contribution in [2.75, 3.05) is 7.05 Å². The molecule has 1 N–H and O–H groups in total. The maximum absolute atomic E-state index is 11.0. The van der Waals surface area contributed by atoms with E-state index in [-0.39, 0.29) is 38.6 Å². The summed E-state index contributed by atoms with van der Waals surface area (Å²) >= 11 is 0. The molecule has 1 rings (SSSR count). The molecule has 1 aromatic rings. The molecule has 1 amide bonds. The van der Waals surface area contributed by atoms with E-state index in [1.807, 2.05) is 18.2 Å². The molecule has 1 aromatic carbocycles. The Kier molecular flexibility index (Phi) is 7.03. The Morgan fingerprint density at radius 1 is 1.50 bits per heavy atom. The Morgan fingerprint density at radius 3 is 2.64 bits per heavy atom. The third-order valence-corrected chi connectivity index (χ3v) is 1.97. The molecule has 0 saturated heterocycles. The van der Waals surface area contributed by atoms with Crippen LogP contribution in [0, 0.1) is 6.07 Å². The predicted molar refractivity (Wildman–Crippen MR) is 52.4 cm³/mol. The fourth-order valence-electron chi connectivity index (χ4n) is 1.09. The Hall–Kier alpha value is -0.206. The maximum Gasteiger partial charge on any atom is 0.212 e. The van der Waals surface area contributed by atoms with E-state index < -0.39 is 0 Å². The minimum atomic E-state index is 0. The molecule has 0 spiro atoms. The molecule has 0 saturated carbocycles. The van der Waals surface area contributed by atoms with E-state index in [1.54, 1.807) is 7.05 Å². The average molecular weight is 265 g/mol. The molecule has 2 nitrogen and oxygen atoms in total. The number of hydrogen-bond donors (Lipinski definition) is 1. The van der Waals surface area contributed by atoms with Crippen LogP contribution in [0.1, 0.15) is 18.1 Å². The van der Waals surface area contributed by atoms with Crippen molar-refractivity contribution in [2.24, 2.45) is 0 Å². The normalized spacial score (nSPS) is 9.00. The van der Waals surface area contributed by atoms with Gasteiger partial charge in [-0.15, -0.1) is 5.56 Å². The van der Waals surface area contributed by atoms with Gasteiger partial charge in [-0.25, -0.2) is 0 Å². The second kappa shape index (κ2) is 7.13. The molecule has 3 heteroatoms. The zero-order valence-corrected chi connectivity index (χ0v) is 11.5. The van der Waals surface area contributed by atoms with Crippen LogP contribution in [0.15, 0.2) is 18.2 Å². The molecule has 0 aliphatic heterocycles. The molecule has 0 heterocycles. The van der Waals surface area contributed by atoms with E-state index >= 15 is 0 Å². The van der Waals surface area contributed by atoms with Gasteiger partial charge in [0.2, 0.25) is 5.91 Å². The van der Waals surface area contributed by atoms with E-state index in [1.165, 1.54) is 5.56 Å². The third-order valence-electron chi connectivity index (χ3n) is 1.97. The van der Waals surface area contributed by atoms with E-state index in [4.69, 9.17) is 0 Å². The van der Waals surface area contributed by atoms with Gasteiger partial charge in [-0.2, -0.15) is 29.8 Å². The zero-order valence-electron chi connectivity index (χ0n) is 8.63. The van der Waals surface area contributed by atoms with Gasteiger partial charge < -0.3 is 5.32 Å². The van der Waals surface area contributed by atoms with E-state index in [9.17, 15) is 4.79 Å². The van der Waals surface area contributed by atoms with Gasteiger partial charge in [0.25, 0.3) is 0 Å². The molecule has 73 valence electrons. The van der Waals surface area contributed by atoms with Crippen LogP contribution in [0.25, 0.3) is 0 Å². The minimum Gasteiger partial charge on any atom is -0.360 e. The molecule has 0 atom stereocenters. The van der Waals surface area contributed by atoms with E-state index in [0.29, 0.717) is 6.42 Å². The molecule has 1 radical (unpaired) electrons. The van der Waals surface area contributed by atoms with Crippen LogP contribution in [-0.2, 0) is 50.3 Å². The smallest absolute Gasteiger partial charge is 0.212 e. The van der Waals surface area contributed by atoms with Gasteiger partial charge in [-0.05, 0) is 0 Å². The Bertz CT molecular complexity index is 282. The first kappa shape index (κ1) is 13.8. The molecular weight excluding hydrogens is 251 g/mol. The van der Waals surface area contributed by atoms with Crippen LogP contribution < -0.4 is 5.32 Å². The summed E-state index contributed by atoms with van der Waals surface area (Å²) in [6.45, 7) is 2.09. The quantitative estimate of drug-likeness (QED) is 0.821. The molecule has 14 heavy (non-hydrogen) atoms. The van der Waals surface area contributed by atoms with E-state index in [0.717, 1.165) is 12.0 Å². The Morgan fingerprint density at radius 2 is 2.21 bits per heavy atom. The van der Waals surface area contributed by atoms with Gasteiger partial charge in [0.1, 0.15) is 0 Å². The Labute approximate surface area is 110 Å². The summed E-state index contributed by atoms with van der Waals surface area (Å²) in [5.41, 5.74) is 2.19. The number of nitrogens with one attached hydrogen (secondary N) is 1. The topological polar surface area (TPSA) is 29.1 Å². The molecular formula is C11H14NOY-. The maximum atomic E-state index is 11.0. The van der Waals surface area contributed by atoms with Crippen molar-refractivity contribution in [3.63, 3.8) is 0 Å². The number of carbonyl (C=O) groups is 1. The van der Waals surface area contributed by atoms with Crippen LogP contribution in [-0.4, -0.2) is 13.0 Å². The van der Waals surface area contributed by atoms with Crippen molar-refractivity contribution < 1.29 is 37.5 Å². The first-order chi connectivity index (χ1) is 6.26. The van der Waals surface area contributed by atoms with Crippen molar-refractivity contribution in [3.05, 3.63) is 35.4 Å². The second-order valence-corrected chi connectivity index (χ2v) is 2.93. The number of rotatable bonds is 3. The summed E-state index contributed by atoms with van der Waals surface area (Å²) < 4.78 is 0. The molecule has 0 aliphatic carbocycles. The van der Waals surface area contributed by atoms with Crippen LogP contribution >= 0.6 is 0 Å². The molecule has 0 bridgehead atoms. The summed E-state index contributed by atoms with van der Waals surface area (Å²) in [5, 5.41) is 2.59. The van der Waals surface area contributed by atoms with Gasteiger partial charge >= 0.3 is 0 Å². The van der Waals surface area contributed by atoms with Crippen LogP contribution in [0.5, 0.6) is 0 Å². The summed E-state index contributed by atoms with van der Waals surface area (Å²) in [5.74, 6) is 0.0395. The van der Waals surface area contributed by atoms with Crippen LogP contribution in [0.3, 0.4) is 0 Å². The number of hydrogen-bond acceptors (Lipinski definition) is 1. The molecule has 0 unspecified atom stereocenters. The fraction of sp³-hybridized carbons (Fsp3) is 0.364. The number of likely N-dealkylation sites (N-methyl/N-ethyl adjacent to an activating group) is 1. The van der Waals surface area contributed by atoms with E-state index in [2.05, 4.69) is 18.3 Å². The standard InChI is InChI=1S/C11H14NO.Y/c1-3-9-4-6-10(7-5-9)8-11(13)12-2;/h4,6-7H,3,8H2,1-2H3,(H,12,13);/q-1;. The molecule has 0 aromatic heterocycles. The van der Waals surface area contributed by atoms with Crippen molar-refractivity contribution in [1.82, 2.24) is 5.32 Å². The predicted octanol–water partition coefficient (Wildman–Crippen LogP) is 1.34. The number of carbonyl (C=O) groups excluding carboxylic acids is 1. The second-order valence-electron chi connectivity index (χ2n) is 2.93. The average Bonchev–Trinajstić information content (AvgIpc) is 2.19. The van der Waals surface area contributed by atoms with Gasteiger partial charge in [-0.1, -0.05) is 13.3 Å². The van der Waals surface area contributed by atoms with Crippen molar-refractivity contribution in [2.45, 2.75) is 19.8 Å². The first-order valence-electron chi connectivity index (χ1n) is 4.46. The van der Waals surface area contributed by atoms with Crippen molar-refractivity contribution in [3.8, 4) is 0 Å². The summed E-state index contributed by atoms with van der Waals surface area (Å²) in [6, 6.07) is 9.01. The molecule has 0 aliphatic rings. The third kappa shape index (κ3) is 4.34. The number of benzene rings is 1. The van der Waals surface area contributed by atoms with Crippen LogP contribution in [0.4, 0.5) is 0 Å². The van der Waals surface area contributed by atoms with Crippen molar-refractivity contribution in [1.29, 1.82) is 0 Å². The largest absolute Gasteiger partial charge is 0.360 e. The van der Waals surface area contributed by atoms with Gasteiger partial charge in [-0.3, -0.25) is 4.79 Å². The van der Waals surface area contributed by atoms with Gasteiger partial charge in [0.05, 0.1) is 0 Å². The minimum absolute atomic E-state index is 0. The summed E-state index contributed by atoms with van der Waals surface area (Å²) in [7, 11) is 1.65. The summed E-state index contributed by atoms with van der Waals surface area (Å²) in [6.07, 6.45) is 1.43. The number of amides is 1. The first-order valence-corrected chi connectivity index (χ1v) is 4.46. The van der Waals surface area contributed by atoms with Gasteiger partial charge in [0.15, 0.2) is 0 Å². The summed E-state index contributed by atoms with van der Waals surface area (Å²) in [4.78, 5) is 11.0. The van der Waals surface area contributed by atoms with Crippen LogP contribution in [0.2, 0.25) is 0 Å². The SMILES string of the molecule is CCc1[c-]cc(CC(=O)NC)cc1.[Y]. The molecule has 0 fully saturated rings. The number of aryl methyl sites for hydroxylation is 1.